The van der Waals surface area contributed by atoms with E-state index in [0.29, 0.717) is 0 Å². The SMILES string of the molecule is Cc1cc(N=C(N)N)cc(C)c1I. The normalized spacial score (nSPS) is 9.77. The molecule has 0 atom stereocenters. The quantitative estimate of drug-likeness (QED) is 0.470. The van der Waals surface area contributed by atoms with E-state index in [4.69, 9.17) is 11.5 Å². The third kappa shape index (κ3) is 2.58. The highest BCUT2D eigenvalue weighted by molar-refractivity contribution is 14.1. The Hall–Kier alpha value is -0.780. The van der Waals surface area contributed by atoms with Crippen molar-refractivity contribution in [2.24, 2.45) is 16.5 Å². The van der Waals surface area contributed by atoms with Crippen LogP contribution in [0.25, 0.3) is 0 Å². The van der Waals surface area contributed by atoms with Gasteiger partial charge in [-0.1, -0.05) is 0 Å². The molecule has 1 rings (SSSR count). The van der Waals surface area contributed by atoms with E-state index in [2.05, 4.69) is 27.6 Å². The number of guanidine groups is 1. The van der Waals surface area contributed by atoms with Crippen molar-refractivity contribution in [2.45, 2.75) is 13.8 Å². The average molecular weight is 289 g/mol. The van der Waals surface area contributed by atoms with Gasteiger partial charge in [0.05, 0.1) is 5.69 Å². The molecule has 1 aromatic rings. The van der Waals surface area contributed by atoms with E-state index in [-0.39, 0.29) is 5.96 Å². The number of benzene rings is 1. The van der Waals surface area contributed by atoms with Crippen molar-refractivity contribution in [3.05, 3.63) is 26.8 Å². The second-order valence-electron chi connectivity index (χ2n) is 2.93. The topological polar surface area (TPSA) is 64.4 Å². The lowest BCUT2D eigenvalue weighted by Crippen LogP contribution is -2.21. The van der Waals surface area contributed by atoms with Crippen LogP contribution < -0.4 is 11.5 Å². The van der Waals surface area contributed by atoms with Gasteiger partial charge in [0, 0.05) is 3.57 Å². The first kappa shape index (κ1) is 10.3. The van der Waals surface area contributed by atoms with E-state index in [9.17, 15) is 0 Å². The summed E-state index contributed by atoms with van der Waals surface area (Å²) < 4.78 is 1.26. The van der Waals surface area contributed by atoms with Crippen molar-refractivity contribution in [3.8, 4) is 0 Å². The second kappa shape index (κ2) is 3.95. The Balaban J connectivity index is 3.21. The van der Waals surface area contributed by atoms with Crippen LogP contribution in [0.3, 0.4) is 0 Å². The smallest absolute Gasteiger partial charge is 0.191 e. The van der Waals surface area contributed by atoms with E-state index in [1.807, 2.05) is 26.0 Å². The summed E-state index contributed by atoms with van der Waals surface area (Å²) in [6.07, 6.45) is 0. The molecule has 3 nitrogen and oxygen atoms in total. The lowest BCUT2D eigenvalue weighted by atomic mass is 10.1. The number of hydrogen-bond acceptors (Lipinski definition) is 1. The molecule has 0 saturated carbocycles. The summed E-state index contributed by atoms with van der Waals surface area (Å²) in [5.74, 6) is 0.0972. The lowest BCUT2D eigenvalue weighted by molar-refractivity contribution is 1.31. The molecule has 1 aromatic carbocycles. The molecular weight excluding hydrogens is 277 g/mol. The number of aliphatic imine (C=N–C) groups is 1. The molecule has 13 heavy (non-hydrogen) atoms. The molecule has 0 radical (unpaired) electrons. The maximum absolute atomic E-state index is 5.29. The van der Waals surface area contributed by atoms with Gasteiger partial charge in [0.2, 0.25) is 0 Å². The third-order valence-electron chi connectivity index (χ3n) is 1.68. The van der Waals surface area contributed by atoms with Crippen molar-refractivity contribution in [1.82, 2.24) is 0 Å². The summed E-state index contributed by atoms with van der Waals surface area (Å²) in [6, 6.07) is 3.93. The van der Waals surface area contributed by atoms with E-state index in [1.54, 1.807) is 0 Å². The highest BCUT2D eigenvalue weighted by Crippen LogP contribution is 2.23. The molecule has 0 heterocycles. The maximum Gasteiger partial charge on any atom is 0.191 e. The fourth-order valence-corrected chi connectivity index (χ4v) is 1.45. The molecule has 0 bridgehead atoms. The summed E-state index contributed by atoms with van der Waals surface area (Å²) in [5.41, 5.74) is 13.8. The number of hydrogen-bond donors (Lipinski definition) is 2. The number of aryl methyl sites for hydroxylation is 2. The van der Waals surface area contributed by atoms with Crippen LogP contribution in [0.15, 0.2) is 17.1 Å². The van der Waals surface area contributed by atoms with Crippen molar-refractivity contribution in [2.75, 3.05) is 0 Å². The van der Waals surface area contributed by atoms with Gasteiger partial charge in [0.25, 0.3) is 0 Å². The Morgan fingerprint density at radius 3 is 2.08 bits per heavy atom. The first-order valence-corrected chi connectivity index (χ1v) is 4.95. The zero-order valence-electron chi connectivity index (χ0n) is 7.63. The van der Waals surface area contributed by atoms with Gasteiger partial charge in [0.1, 0.15) is 0 Å². The number of nitrogens with zero attached hydrogens (tertiary/aromatic N) is 1. The average Bonchev–Trinajstić information content (AvgIpc) is 1.98. The molecule has 0 unspecified atom stereocenters. The lowest BCUT2D eigenvalue weighted by Gasteiger charge is -2.04. The third-order valence-corrected chi connectivity index (χ3v) is 3.38. The van der Waals surface area contributed by atoms with Crippen molar-refractivity contribution in [1.29, 1.82) is 0 Å². The molecule has 0 saturated heterocycles. The minimum absolute atomic E-state index is 0.0972. The van der Waals surface area contributed by atoms with Crippen LogP contribution >= 0.6 is 22.6 Å². The largest absolute Gasteiger partial charge is 0.370 e. The van der Waals surface area contributed by atoms with E-state index < -0.39 is 0 Å². The van der Waals surface area contributed by atoms with Gasteiger partial charge in [-0.2, -0.15) is 0 Å². The summed E-state index contributed by atoms with van der Waals surface area (Å²) in [4.78, 5) is 3.99. The molecule has 4 N–H and O–H groups in total. The van der Waals surface area contributed by atoms with Crippen LogP contribution in [0.1, 0.15) is 11.1 Å². The minimum atomic E-state index is 0.0972. The highest BCUT2D eigenvalue weighted by Gasteiger charge is 2.00. The van der Waals surface area contributed by atoms with Gasteiger partial charge in [0.15, 0.2) is 5.96 Å². The molecule has 0 aliphatic rings. The van der Waals surface area contributed by atoms with Gasteiger partial charge in [-0.05, 0) is 59.7 Å². The van der Waals surface area contributed by atoms with Crippen LogP contribution in [-0.2, 0) is 0 Å². The Kier molecular flexibility index (Phi) is 3.13. The molecule has 0 amide bonds. The fourth-order valence-electron chi connectivity index (χ4n) is 1.14. The van der Waals surface area contributed by atoms with Crippen molar-refractivity contribution < 1.29 is 0 Å². The first-order valence-electron chi connectivity index (χ1n) is 3.87. The van der Waals surface area contributed by atoms with Crippen LogP contribution in [0, 0.1) is 17.4 Å². The minimum Gasteiger partial charge on any atom is -0.370 e. The predicted molar refractivity (Wildman–Crippen MR) is 64.1 cm³/mol. The maximum atomic E-state index is 5.29. The second-order valence-corrected chi connectivity index (χ2v) is 4.01. The first-order chi connectivity index (χ1) is 6.00. The summed E-state index contributed by atoms with van der Waals surface area (Å²) in [7, 11) is 0. The molecule has 4 heteroatoms. The van der Waals surface area contributed by atoms with Gasteiger partial charge in [-0.25, -0.2) is 4.99 Å². The Bertz CT molecular complexity index is 331. The summed E-state index contributed by atoms with van der Waals surface area (Å²) in [5, 5.41) is 0. The van der Waals surface area contributed by atoms with Gasteiger partial charge in [-0.15, -0.1) is 0 Å². The molecule has 70 valence electrons. The van der Waals surface area contributed by atoms with Crippen LogP contribution in [0.5, 0.6) is 0 Å². The zero-order valence-corrected chi connectivity index (χ0v) is 9.79. The predicted octanol–water partition coefficient (Wildman–Crippen LogP) is 1.81. The van der Waals surface area contributed by atoms with Crippen LogP contribution in [-0.4, -0.2) is 5.96 Å². The molecular formula is C9H12IN3. The monoisotopic (exact) mass is 289 g/mol. The van der Waals surface area contributed by atoms with Crippen molar-refractivity contribution >= 4 is 34.2 Å². The van der Waals surface area contributed by atoms with Crippen molar-refractivity contribution in [3.63, 3.8) is 0 Å². The number of halogens is 1. The standard InChI is InChI=1S/C9H12IN3/c1-5-3-7(13-9(11)12)4-6(2)8(5)10/h3-4H,1-2H3,(H4,11,12,13). The Morgan fingerprint density at radius 1 is 1.23 bits per heavy atom. The van der Waals surface area contributed by atoms with Gasteiger partial charge in [-0.3, -0.25) is 0 Å². The molecule has 0 aliphatic heterocycles. The Labute approximate surface area is 91.4 Å². The molecule has 0 aliphatic carbocycles. The van der Waals surface area contributed by atoms with Gasteiger partial charge < -0.3 is 11.5 Å². The Morgan fingerprint density at radius 2 is 1.69 bits per heavy atom. The molecule has 0 aromatic heterocycles. The number of nitrogens with two attached hydrogens (primary N) is 2. The molecule has 0 fully saturated rings. The zero-order chi connectivity index (χ0) is 10.0. The fraction of sp³-hybridized carbons (Fsp3) is 0.222. The van der Waals surface area contributed by atoms with E-state index in [1.165, 1.54) is 14.7 Å². The van der Waals surface area contributed by atoms with E-state index >= 15 is 0 Å². The van der Waals surface area contributed by atoms with E-state index in [0.717, 1.165) is 5.69 Å². The molecule has 0 spiro atoms. The van der Waals surface area contributed by atoms with Crippen LogP contribution in [0.4, 0.5) is 5.69 Å². The number of rotatable bonds is 1. The van der Waals surface area contributed by atoms with Gasteiger partial charge >= 0.3 is 0 Å². The summed E-state index contributed by atoms with van der Waals surface area (Å²) in [6.45, 7) is 4.08. The highest BCUT2D eigenvalue weighted by atomic mass is 127. The summed E-state index contributed by atoms with van der Waals surface area (Å²) >= 11 is 2.31. The van der Waals surface area contributed by atoms with Crippen LogP contribution in [0.2, 0.25) is 0 Å².